The first-order chi connectivity index (χ1) is 8.08. The number of hydrogen-bond acceptors (Lipinski definition) is 4. The highest BCUT2D eigenvalue weighted by atomic mass is 16.5. The topological polar surface area (TPSA) is 52.6 Å². The third-order valence-corrected chi connectivity index (χ3v) is 2.19. The number of carbonyl (C=O) groups excluding carboxylic acids is 2. The molecule has 0 aliphatic rings. The number of methoxy groups -OCH3 is 2. The smallest absolute Gasteiger partial charge is 0.330 e. The summed E-state index contributed by atoms with van der Waals surface area (Å²) in [5.41, 5.74) is 1.37. The molecule has 4 nitrogen and oxygen atoms in total. The minimum Gasteiger partial charge on any atom is -0.496 e. The lowest BCUT2D eigenvalue weighted by Crippen LogP contribution is -2.01. The fraction of sp³-hybridized carbons (Fsp3) is 0.231. The third-order valence-electron chi connectivity index (χ3n) is 2.19. The van der Waals surface area contributed by atoms with Crippen LogP contribution in [0.3, 0.4) is 0 Å². The normalized spacial score (nSPS) is 10.3. The molecule has 1 aromatic carbocycles. The summed E-state index contributed by atoms with van der Waals surface area (Å²) in [6, 6.07) is 5.27. The molecule has 0 saturated heterocycles. The first-order valence-electron chi connectivity index (χ1n) is 5.03. The third kappa shape index (κ3) is 3.45. The van der Waals surface area contributed by atoms with Gasteiger partial charge in [-0.25, -0.2) is 4.79 Å². The van der Waals surface area contributed by atoms with Gasteiger partial charge in [0.1, 0.15) is 5.75 Å². The van der Waals surface area contributed by atoms with Crippen molar-refractivity contribution in [3.8, 4) is 5.75 Å². The first-order valence-corrected chi connectivity index (χ1v) is 5.03. The maximum atomic E-state index is 11.8. The molecule has 1 aromatic rings. The Morgan fingerprint density at radius 1 is 1.18 bits per heavy atom. The molecule has 0 N–H and O–H groups in total. The molecule has 0 heterocycles. The maximum absolute atomic E-state index is 11.8. The molecule has 0 fully saturated rings. The zero-order valence-electron chi connectivity index (χ0n) is 10.0. The van der Waals surface area contributed by atoms with Crippen molar-refractivity contribution >= 4 is 11.8 Å². The SMILES string of the molecule is COC(=O)/C=C/C(=O)c1cc(C)ccc1OC. The van der Waals surface area contributed by atoms with Crippen molar-refractivity contribution in [3.63, 3.8) is 0 Å². The largest absolute Gasteiger partial charge is 0.496 e. The average Bonchev–Trinajstić information content (AvgIpc) is 2.35. The van der Waals surface area contributed by atoms with Gasteiger partial charge in [-0.15, -0.1) is 0 Å². The lowest BCUT2D eigenvalue weighted by atomic mass is 10.1. The van der Waals surface area contributed by atoms with Crippen molar-refractivity contribution in [2.75, 3.05) is 14.2 Å². The van der Waals surface area contributed by atoms with Crippen LogP contribution in [0.15, 0.2) is 30.4 Å². The van der Waals surface area contributed by atoms with E-state index >= 15 is 0 Å². The van der Waals surface area contributed by atoms with E-state index < -0.39 is 5.97 Å². The predicted octanol–water partition coefficient (Wildman–Crippen LogP) is 1.92. The van der Waals surface area contributed by atoms with Crippen LogP contribution >= 0.6 is 0 Å². The number of benzene rings is 1. The summed E-state index contributed by atoms with van der Waals surface area (Å²) in [6.07, 6.45) is 2.26. The van der Waals surface area contributed by atoms with Crippen LogP contribution in [0.25, 0.3) is 0 Å². The predicted molar refractivity (Wildman–Crippen MR) is 63.2 cm³/mol. The highest BCUT2D eigenvalue weighted by Crippen LogP contribution is 2.20. The van der Waals surface area contributed by atoms with Crippen LogP contribution in [0.2, 0.25) is 0 Å². The van der Waals surface area contributed by atoms with Crippen LogP contribution in [0.4, 0.5) is 0 Å². The number of ether oxygens (including phenoxy) is 2. The summed E-state index contributed by atoms with van der Waals surface area (Å²) >= 11 is 0. The van der Waals surface area contributed by atoms with Crippen LogP contribution in [0.5, 0.6) is 5.75 Å². The van der Waals surface area contributed by atoms with Crippen molar-refractivity contribution in [1.82, 2.24) is 0 Å². The molecule has 0 aliphatic heterocycles. The molecular formula is C13H14O4. The van der Waals surface area contributed by atoms with Gasteiger partial charge in [0, 0.05) is 6.08 Å². The molecule has 0 aromatic heterocycles. The van der Waals surface area contributed by atoms with Crippen LogP contribution in [0.1, 0.15) is 15.9 Å². The van der Waals surface area contributed by atoms with E-state index in [9.17, 15) is 9.59 Å². The van der Waals surface area contributed by atoms with Gasteiger partial charge in [0.25, 0.3) is 0 Å². The monoisotopic (exact) mass is 234 g/mol. The Kier molecular flexibility index (Phi) is 4.46. The second-order valence-corrected chi connectivity index (χ2v) is 3.42. The number of carbonyl (C=O) groups is 2. The van der Waals surface area contributed by atoms with Gasteiger partial charge in [0.15, 0.2) is 5.78 Å². The van der Waals surface area contributed by atoms with Gasteiger partial charge in [0.2, 0.25) is 0 Å². The standard InChI is InChI=1S/C13H14O4/c1-9-4-6-12(16-2)10(8-9)11(14)5-7-13(15)17-3/h4-8H,1-3H3/b7-5+. The van der Waals surface area contributed by atoms with Gasteiger partial charge in [0.05, 0.1) is 19.8 Å². The highest BCUT2D eigenvalue weighted by Gasteiger charge is 2.10. The second-order valence-electron chi connectivity index (χ2n) is 3.42. The molecule has 17 heavy (non-hydrogen) atoms. The second kappa shape index (κ2) is 5.84. The number of hydrogen-bond donors (Lipinski definition) is 0. The number of aryl methyl sites for hydroxylation is 1. The minimum atomic E-state index is -0.565. The Balaban J connectivity index is 2.99. The minimum absolute atomic E-state index is 0.295. The Bertz CT molecular complexity index is 460. The van der Waals surface area contributed by atoms with Crippen LogP contribution < -0.4 is 4.74 Å². The molecule has 0 spiro atoms. The molecule has 0 radical (unpaired) electrons. The van der Waals surface area contributed by atoms with Crippen LogP contribution in [0, 0.1) is 6.92 Å². The van der Waals surface area contributed by atoms with E-state index in [2.05, 4.69) is 4.74 Å². The summed E-state index contributed by atoms with van der Waals surface area (Å²) in [6.45, 7) is 1.88. The molecule has 90 valence electrons. The van der Waals surface area contributed by atoms with Gasteiger partial charge in [-0.1, -0.05) is 11.6 Å². The summed E-state index contributed by atoms with van der Waals surface area (Å²) in [4.78, 5) is 22.7. The summed E-state index contributed by atoms with van der Waals surface area (Å²) in [5, 5.41) is 0. The molecule has 0 amide bonds. The van der Waals surface area contributed by atoms with Gasteiger partial charge >= 0.3 is 5.97 Å². The Morgan fingerprint density at radius 3 is 2.47 bits per heavy atom. The lowest BCUT2D eigenvalue weighted by Gasteiger charge is -2.06. The van der Waals surface area contributed by atoms with Gasteiger partial charge in [-0.05, 0) is 25.1 Å². The maximum Gasteiger partial charge on any atom is 0.330 e. The fourth-order valence-electron chi connectivity index (χ4n) is 1.32. The van der Waals surface area contributed by atoms with Gasteiger partial charge in [-0.2, -0.15) is 0 Å². The molecule has 0 bridgehead atoms. The Labute approximate surface area is 99.8 Å². The van der Waals surface area contributed by atoms with Crippen molar-refractivity contribution in [3.05, 3.63) is 41.5 Å². The van der Waals surface area contributed by atoms with E-state index in [1.807, 2.05) is 13.0 Å². The lowest BCUT2D eigenvalue weighted by molar-refractivity contribution is -0.134. The van der Waals surface area contributed by atoms with Crippen LogP contribution in [-0.2, 0) is 9.53 Å². The van der Waals surface area contributed by atoms with E-state index in [0.717, 1.165) is 11.6 Å². The first kappa shape index (κ1) is 13.0. The zero-order valence-corrected chi connectivity index (χ0v) is 10.0. The van der Waals surface area contributed by atoms with E-state index in [-0.39, 0.29) is 5.78 Å². The van der Waals surface area contributed by atoms with E-state index in [1.54, 1.807) is 12.1 Å². The van der Waals surface area contributed by atoms with E-state index in [0.29, 0.717) is 11.3 Å². The molecule has 0 atom stereocenters. The van der Waals surface area contributed by atoms with Crippen molar-refractivity contribution < 1.29 is 19.1 Å². The highest BCUT2D eigenvalue weighted by molar-refractivity contribution is 6.08. The van der Waals surface area contributed by atoms with Gasteiger partial charge in [-0.3, -0.25) is 4.79 Å². The number of rotatable bonds is 4. The zero-order chi connectivity index (χ0) is 12.8. The number of allylic oxidation sites excluding steroid dienone is 1. The molecule has 1 rings (SSSR count). The van der Waals surface area contributed by atoms with Crippen LogP contribution in [-0.4, -0.2) is 26.0 Å². The summed E-state index contributed by atoms with van der Waals surface area (Å²) in [5.74, 6) is -0.379. The molecule has 0 unspecified atom stereocenters. The van der Waals surface area contributed by atoms with Crippen molar-refractivity contribution in [1.29, 1.82) is 0 Å². The molecule has 4 heteroatoms. The average molecular weight is 234 g/mol. The molecular weight excluding hydrogens is 220 g/mol. The number of ketones is 1. The van der Waals surface area contributed by atoms with Crippen molar-refractivity contribution in [2.24, 2.45) is 0 Å². The molecule has 0 saturated carbocycles. The quantitative estimate of drug-likeness (QED) is 0.453. The Morgan fingerprint density at radius 2 is 1.88 bits per heavy atom. The Hall–Kier alpha value is -2.10. The van der Waals surface area contributed by atoms with Crippen molar-refractivity contribution in [2.45, 2.75) is 6.92 Å². The summed E-state index contributed by atoms with van der Waals surface area (Å²) in [7, 11) is 2.75. The van der Waals surface area contributed by atoms with Gasteiger partial charge < -0.3 is 9.47 Å². The summed E-state index contributed by atoms with van der Waals surface area (Å²) < 4.78 is 9.49. The fourth-order valence-corrected chi connectivity index (χ4v) is 1.32. The number of esters is 1. The molecule has 0 aliphatic carbocycles. The van der Waals surface area contributed by atoms with E-state index in [1.165, 1.54) is 20.3 Å². The van der Waals surface area contributed by atoms with E-state index in [4.69, 9.17) is 4.74 Å².